The molecule has 0 spiro atoms. The van der Waals surface area contributed by atoms with Gasteiger partial charge in [-0.1, -0.05) is 18.6 Å². The third kappa shape index (κ3) is 4.63. The van der Waals surface area contributed by atoms with Crippen molar-refractivity contribution < 1.29 is 4.79 Å². The summed E-state index contributed by atoms with van der Waals surface area (Å²) in [6.07, 6.45) is 7.82. The number of hydrogen-bond donors (Lipinski definition) is 0. The monoisotopic (exact) mass is 302 g/mol. The first-order chi connectivity index (χ1) is 10.6. The molecule has 0 saturated carbocycles. The molecule has 120 valence electrons. The van der Waals surface area contributed by atoms with Crippen LogP contribution in [0, 0.1) is 0 Å². The highest BCUT2D eigenvalue weighted by Gasteiger charge is 2.19. The standard InChI is InChI=1S/C17H26N4O/c1-4-14(2)21(15(3)22)12-16-6-10-20(11-7-16)13-17-18-8-5-9-19-17/h5-6,8-9,14H,4,7,10-13H2,1-3H3/t14-/m1/s1. The van der Waals surface area contributed by atoms with Gasteiger partial charge in [0.25, 0.3) is 0 Å². The Morgan fingerprint density at radius 2 is 2.14 bits per heavy atom. The number of nitrogens with zero attached hydrogens (tertiary/aromatic N) is 4. The summed E-state index contributed by atoms with van der Waals surface area (Å²) >= 11 is 0. The highest BCUT2D eigenvalue weighted by Crippen LogP contribution is 2.16. The maximum atomic E-state index is 11.8. The first kappa shape index (κ1) is 16.6. The summed E-state index contributed by atoms with van der Waals surface area (Å²) in [5.41, 5.74) is 1.36. The summed E-state index contributed by atoms with van der Waals surface area (Å²) in [7, 11) is 0. The molecule has 5 nitrogen and oxygen atoms in total. The van der Waals surface area contributed by atoms with Crippen molar-refractivity contribution in [3.8, 4) is 0 Å². The minimum Gasteiger partial charge on any atom is -0.336 e. The second kappa shape index (κ2) is 8.03. The van der Waals surface area contributed by atoms with E-state index in [1.165, 1.54) is 5.57 Å². The second-order valence-corrected chi connectivity index (χ2v) is 5.92. The zero-order valence-corrected chi connectivity index (χ0v) is 13.8. The molecular weight excluding hydrogens is 276 g/mol. The third-order valence-electron chi connectivity index (χ3n) is 4.27. The van der Waals surface area contributed by atoms with E-state index >= 15 is 0 Å². The van der Waals surface area contributed by atoms with Crippen molar-refractivity contribution in [3.05, 3.63) is 35.9 Å². The van der Waals surface area contributed by atoms with Gasteiger partial charge in [-0.3, -0.25) is 9.69 Å². The number of carbonyl (C=O) groups is 1. The van der Waals surface area contributed by atoms with Gasteiger partial charge < -0.3 is 4.90 Å². The Hall–Kier alpha value is -1.75. The summed E-state index contributed by atoms with van der Waals surface area (Å²) in [6.45, 7) is 9.35. The van der Waals surface area contributed by atoms with Gasteiger partial charge >= 0.3 is 0 Å². The molecule has 2 rings (SSSR count). The molecule has 1 atom stereocenters. The molecule has 0 aromatic carbocycles. The average Bonchev–Trinajstić information content (AvgIpc) is 2.54. The SMILES string of the molecule is CC[C@@H](C)N(CC1=CCN(Cc2ncccn2)CC1)C(C)=O. The van der Waals surface area contributed by atoms with E-state index in [1.807, 2.05) is 11.0 Å². The van der Waals surface area contributed by atoms with Crippen LogP contribution in [0.2, 0.25) is 0 Å². The molecule has 0 fully saturated rings. The van der Waals surface area contributed by atoms with Gasteiger partial charge in [-0.25, -0.2) is 9.97 Å². The van der Waals surface area contributed by atoms with E-state index in [9.17, 15) is 4.79 Å². The number of amides is 1. The van der Waals surface area contributed by atoms with Gasteiger partial charge in [0.15, 0.2) is 0 Å². The fourth-order valence-corrected chi connectivity index (χ4v) is 2.67. The molecule has 1 aliphatic rings. The fourth-order valence-electron chi connectivity index (χ4n) is 2.67. The van der Waals surface area contributed by atoms with Crippen LogP contribution in [0.5, 0.6) is 0 Å². The van der Waals surface area contributed by atoms with Crippen molar-refractivity contribution >= 4 is 5.91 Å². The largest absolute Gasteiger partial charge is 0.336 e. The minimum atomic E-state index is 0.162. The average molecular weight is 302 g/mol. The predicted molar refractivity (Wildman–Crippen MR) is 87.1 cm³/mol. The van der Waals surface area contributed by atoms with E-state index in [-0.39, 0.29) is 5.91 Å². The van der Waals surface area contributed by atoms with Crippen LogP contribution in [0.3, 0.4) is 0 Å². The Morgan fingerprint density at radius 3 is 2.68 bits per heavy atom. The van der Waals surface area contributed by atoms with Crippen LogP contribution in [0.25, 0.3) is 0 Å². The Bertz CT molecular complexity index is 515. The zero-order valence-electron chi connectivity index (χ0n) is 13.8. The van der Waals surface area contributed by atoms with Gasteiger partial charge in [0, 0.05) is 45.0 Å². The Morgan fingerprint density at radius 1 is 1.41 bits per heavy atom. The van der Waals surface area contributed by atoms with E-state index in [2.05, 4.69) is 34.8 Å². The van der Waals surface area contributed by atoms with E-state index in [4.69, 9.17) is 0 Å². The summed E-state index contributed by atoms with van der Waals surface area (Å²) < 4.78 is 0. The molecule has 0 saturated heterocycles. The van der Waals surface area contributed by atoms with Crippen molar-refractivity contribution in [1.29, 1.82) is 0 Å². The van der Waals surface area contributed by atoms with E-state index in [0.29, 0.717) is 6.04 Å². The van der Waals surface area contributed by atoms with Crippen LogP contribution in [0.15, 0.2) is 30.1 Å². The van der Waals surface area contributed by atoms with Crippen LogP contribution >= 0.6 is 0 Å². The van der Waals surface area contributed by atoms with E-state index in [1.54, 1.807) is 19.3 Å². The Kier molecular flexibility index (Phi) is 6.07. The van der Waals surface area contributed by atoms with Crippen molar-refractivity contribution in [1.82, 2.24) is 19.8 Å². The van der Waals surface area contributed by atoms with Crippen molar-refractivity contribution in [2.45, 2.75) is 46.2 Å². The molecule has 0 unspecified atom stereocenters. The maximum absolute atomic E-state index is 11.8. The molecule has 1 aromatic heterocycles. The second-order valence-electron chi connectivity index (χ2n) is 5.92. The molecule has 2 heterocycles. The number of carbonyl (C=O) groups excluding carboxylic acids is 1. The van der Waals surface area contributed by atoms with Gasteiger partial charge in [0.2, 0.25) is 5.91 Å². The van der Waals surface area contributed by atoms with E-state index in [0.717, 1.165) is 44.8 Å². The van der Waals surface area contributed by atoms with Crippen LogP contribution in [0.1, 0.15) is 39.4 Å². The molecule has 1 aromatic rings. The summed E-state index contributed by atoms with van der Waals surface area (Å²) in [5.74, 6) is 1.03. The van der Waals surface area contributed by atoms with Crippen molar-refractivity contribution in [3.63, 3.8) is 0 Å². The molecule has 0 radical (unpaired) electrons. The van der Waals surface area contributed by atoms with Gasteiger partial charge in [0.1, 0.15) is 5.82 Å². The summed E-state index contributed by atoms with van der Waals surface area (Å²) in [4.78, 5) is 24.6. The minimum absolute atomic E-state index is 0.162. The lowest BCUT2D eigenvalue weighted by molar-refractivity contribution is -0.130. The van der Waals surface area contributed by atoms with Crippen molar-refractivity contribution in [2.75, 3.05) is 19.6 Å². The lowest BCUT2D eigenvalue weighted by Gasteiger charge is -2.31. The van der Waals surface area contributed by atoms with E-state index < -0.39 is 0 Å². The molecule has 0 N–H and O–H groups in total. The van der Waals surface area contributed by atoms with Crippen LogP contribution in [0.4, 0.5) is 0 Å². The smallest absolute Gasteiger partial charge is 0.219 e. The third-order valence-corrected chi connectivity index (χ3v) is 4.27. The molecular formula is C17H26N4O. The molecule has 0 aliphatic carbocycles. The normalized spacial score (nSPS) is 17.0. The zero-order chi connectivity index (χ0) is 15.9. The fraction of sp³-hybridized carbons (Fsp3) is 0.588. The van der Waals surface area contributed by atoms with Gasteiger partial charge in [0.05, 0.1) is 6.54 Å². The highest BCUT2D eigenvalue weighted by molar-refractivity contribution is 5.73. The van der Waals surface area contributed by atoms with Crippen LogP contribution < -0.4 is 0 Å². The molecule has 5 heteroatoms. The van der Waals surface area contributed by atoms with Gasteiger partial charge in [-0.05, 0) is 25.8 Å². The van der Waals surface area contributed by atoms with Gasteiger partial charge in [-0.15, -0.1) is 0 Å². The molecule has 1 aliphatic heterocycles. The van der Waals surface area contributed by atoms with Crippen LogP contribution in [-0.4, -0.2) is 51.4 Å². The van der Waals surface area contributed by atoms with Gasteiger partial charge in [-0.2, -0.15) is 0 Å². The first-order valence-electron chi connectivity index (χ1n) is 8.03. The molecule has 1 amide bonds. The Labute approximate surface area is 133 Å². The summed E-state index contributed by atoms with van der Waals surface area (Å²) in [5, 5.41) is 0. The quantitative estimate of drug-likeness (QED) is 0.756. The lowest BCUT2D eigenvalue weighted by atomic mass is 10.1. The number of aromatic nitrogens is 2. The summed E-state index contributed by atoms with van der Waals surface area (Å²) in [6, 6.07) is 2.14. The maximum Gasteiger partial charge on any atom is 0.219 e. The van der Waals surface area contributed by atoms with Crippen LogP contribution in [-0.2, 0) is 11.3 Å². The lowest BCUT2D eigenvalue weighted by Crippen LogP contribution is -2.39. The number of rotatable bonds is 6. The predicted octanol–water partition coefficient (Wildman–Crippen LogP) is 2.26. The highest BCUT2D eigenvalue weighted by atomic mass is 16.2. The first-order valence-corrected chi connectivity index (χ1v) is 8.03. The number of hydrogen-bond acceptors (Lipinski definition) is 4. The Balaban J connectivity index is 1.89. The molecule has 22 heavy (non-hydrogen) atoms. The molecule has 0 bridgehead atoms. The topological polar surface area (TPSA) is 49.3 Å². The van der Waals surface area contributed by atoms with Crippen molar-refractivity contribution in [2.24, 2.45) is 0 Å².